The van der Waals surface area contributed by atoms with E-state index in [1.807, 2.05) is 13.0 Å². The zero-order valence-corrected chi connectivity index (χ0v) is 13.8. The van der Waals surface area contributed by atoms with Crippen LogP contribution in [0.1, 0.15) is 52.4 Å². The number of carboxylic acid groups (broad SMARTS) is 1. The molecule has 0 saturated heterocycles. The van der Waals surface area contributed by atoms with E-state index in [0.29, 0.717) is 18.4 Å². The average Bonchev–Trinajstić information content (AvgIpc) is 3.14. The number of carbonyl (C=O) groups is 3. The molecule has 2 fully saturated rings. The van der Waals surface area contributed by atoms with E-state index < -0.39 is 11.5 Å². The number of ketones is 1. The smallest absolute Gasteiger partial charge is 0.329 e. The van der Waals surface area contributed by atoms with E-state index in [-0.39, 0.29) is 35.4 Å². The number of carbonyl (C=O) groups excluding carboxylic acids is 2. The van der Waals surface area contributed by atoms with Gasteiger partial charge in [0.05, 0.1) is 0 Å². The van der Waals surface area contributed by atoms with Gasteiger partial charge in [-0.05, 0) is 43.4 Å². The van der Waals surface area contributed by atoms with Crippen LogP contribution in [-0.2, 0) is 14.4 Å². The molecule has 2 N–H and O–H groups in total. The van der Waals surface area contributed by atoms with Crippen LogP contribution in [0, 0.1) is 23.7 Å². The highest BCUT2D eigenvalue weighted by Gasteiger charge is 2.61. The Morgan fingerprint density at radius 3 is 2.61 bits per heavy atom. The Morgan fingerprint density at radius 2 is 2.04 bits per heavy atom. The van der Waals surface area contributed by atoms with Crippen LogP contribution in [0.4, 0.5) is 0 Å². The van der Waals surface area contributed by atoms with Crippen molar-refractivity contribution in [1.29, 1.82) is 0 Å². The molecular formula is C18H25NO4. The summed E-state index contributed by atoms with van der Waals surface area (Å²) in [6, 6.07) is 0. The predicted octanol–water partition coefficient (Wildman–Crippen LogP) is 2.31. The first kappa shape index (κ1) is 16.2. The summed E-state index contributed by atoms with van der Waals surface area (Å²) < 4.78 is 0. The largest absolute Gasteiger partial charge is 0.479 e. The van der Waals surface area contributed by atoms with Gasteiger partial charge in [0.2, 0.25) is 5.91 Å². The van der Waals surface area contributed by atoms with Crippen molar-refractivity contribution in [2.45, 2.75) is 57.9 Å². The maximum atomic E-state index is 12.8. The minimum absolute atomic E-state index is 0.0103. The van der Waals surface area contributed by atoms with Crippen LogP contribution < -0.4 is 5.32 Å². The normalized spacial score (nSPS) is 38.7. The summed E-state index contributed by atoms with van der Waals surface area (Å²) >= 11 is 0. The lowest BCUT2D eigenvalue weighted by Gasteiger charge is -2.30. The fraction of sp³-hybridized carbons (Fsp3) is 0.722. The van der Waals surface area contributed by atoms with Crippen molar-refractivity contribution < 1.29 is 19.5 Å². The van der Waals surface area contributed by atoms with Gasteiger partial charge in [-0.2, -0.15) is 0 Å². The van der Waals surface area contributed by atoms with Gasteiger partial charge in [-0.15, -0.1) is 0 Å². The first-order valence-corrected chi connectivity index (χ1v) is 8.73. The maximum absolute atomic E-state index is 12.8. The van der Waals surface area contributed by atoms with Crippen molar-refractivity contribution in [3.8, 4) is 0 Å². The zero-order chi connectivity index (χ0) is 16.8. The van der Waals surface area contributed by atoms with E-state index in [1.54, 1.807) is 0 Å². The lowest BCUT2D eigenvalue weighted by molar-refractivity contribution is -0.143. The number of aliphatic carboxylic acids is 1. The second kappa shape index (κ2) is 5.77. The predicted molar refractivity (Wildman–Crippen MR) is 84.6 cm³/mol. The Hall–Kier alpha value is -1.65. The minimum Gasteiger partial charge on any atom is -0.479 e. The van der Waals surface area contributed by atoms with Crippen molar-refractivity contribution in [1.82, 2.24) is 5.32 Å². The standard InChI is InChI=1S/C18H25NO4/c1-3-10-7-13-12(5-6-15(13)20)14(8-10)16(21)19-18(17(22)23)9-11(18)4-2/h8,10-13H,3-7,9H2,1-2H3,(H,19,21)(H,22,23)/t10-,11?,12+,13+,18?/m1/s1. The van der Waals surface area contributed by atoms with Crippen LogP contribution in [0.3, 0.4) is 0 Å². The minimum atomic E-state index is -1.09. The number of hydrogen-bond acceptors (Lipinski definition) is 3. The monoisotopic (exact) mass is 319 g/mol. The number of amides is 1. The summed E-state index contributed by atoms with van der Waals surface area (Å²) in [5.41, 5.74) is -0.439. The quantitative estimate of drug-likeness (QED) is 0.814. The summed E-state index contributed by atoms with van der Waals surface area (Å²) in [4.78, 5) is 36.4. The Morgan fingerprint density at radius 1 is 1.30 bits per heavy atom. The van der Waals surface area contributed by atoms with Crippen LogP contribution in [0.15, 0.2) is 11.6 Å². The number of carboxylic acids is 1. The zero-order valence-electron chi connectivity index (χ0n) is 13.8. The van der Waals surface area contributed by atoms with Crippen LogP contribution >= 0.6 is 0 Å². The molecule has 0 aliphatic heterocycles. The number of fused-ring (bicyclic) bond motifs is 1. The molecule has 2 unspecified atom stereocenters. The van der Waals surface area contributed by atoms with Crippen molar-refractivity contribution in [3.63, 3.8) is 0 Å². The molecule has 2 saturated carbocycles. The van der Waals surface area contributed by atoms with Crippen molar-refractivity contribution in [2.75, 3.05) is 0 Å². The molecule has 23 heavy (non-hydrogen) atoms. The van der Waals surface area contributed by atoms with Gasteiger partial charge in [-0.25, -0.2) is 4.79 Å². The van der Waals surface area contributed by atoms with Crippen LogP contribution in [0.5, 0.6) is 0 Å². The fourth-order valence-corrected chi connectivity index (χ4v) is 4.44. The summed E-state index contributed by atoms with van der Waals surface area (Å²) in [6.45, 7) is 4.00. The second-order valence-electron chi connectivity index (χ2n) is 7.28. The highest BCUT2D eigenvalue weighted by atomic mass is 16.4. The van der Waals surface area contributed by atoms with E-state index >= 15 is 0 Å². The van der Waals surface area contributed by atoms with Crippen molar-refractivity contribution in [3.05, 3.63) is 11.6 Å². The summed E-state index contributed by atoms with van der Waals surface area (Å²) in [7, 11) is 0. The van der Waals surface area contributed by atoms with Crippen LogP contribution in [0.25, 0.3) is 0 Å². The Balaban J connectivity index is 1.82. The Labute approximate surface area is 136 Å². The Kier molecular flexibility index (Phi) is 4.07. The van der Waals surface area contributed by atoms with Gasteiger partial charge in [0.25, 0.3) is 0 Å². The van der Waals surface area contributed by atoms with E-state index in [2.05, 4.69) is 12.2 Å². The third-order valence-electron chi connectivity index (χ3n) is 6.08. The van der Waals surface area contributed by atoms with Gasteiger partial charge >= 0.3 is 5.97 Å². The third kappa shape index (κ3) is 2.60. The molecule has 5 atom stereocenters. The second-order valence-corrected chi connectivity index (χ2v) is 7.28. The molecule has 3 aliphatic carbocycles. The lowest BCUT2D eigenvalue weighted by Crippen LogP contribution is -2.47. The van der Waals surface area contributed by atoms with Gasteiger partial charge in [0, 0.05) is 17.9 Å². The van der Waals surface area contributed by atoms with Gasteiger partial charge in [0.1, 0.15) is 11.3 Å². The van der Waals surface area contributed by atoms with E-state index in [0.717, 1.165) is 25.7 Å². The Bertz CT molecular complexity index is 582. The van der Waals surface area contributed by atoms with E-state index in [4.69, 9.17) is 0 Å². The number of rotatable bonds is 5. The van der Waals surface area contributed by atoms with Gasteiger partial charge in [-0.1, -0.05) is 26.3 Å². The van der Waals surface area contributed by atoms with E-state index in [1.165, 1.54) is 0 Å². The highest BCUT2D eigenvalue weighted by molar-refractivity contribution is 6.00. The molecule has 3 aliphatic rings. The van der Waals surface area contributed by atoms with Crippen molar-refractivity contribution in [2.24, 2.45) is 23.7 Å². The molecule has 5 heteroatoms. The van der Waals surface area contributed by atoms with E-state index in [9.17, 15) is 19.5 Å². The van der Waals surface area contributed by atoms with Crippen LogP contribution in [-0.4, -0.2) is 28.3 Å². The number of Topliss-reactive ketones (excluding diaryl/α,β-unsaturated/α-hetero) is 1. The number of allylic oxidation sites excluding steroid dienone is 1. The topological polar surface area (TPSA) is 83.5 Å². The molecule has 0 bridgehead atoms. The first-order valence-electron chi connectivity index (χ1n) is 8.73. The average molecular weight is 319 g/mol. The molecule has 0 aromatic heterocycles. The van der Waals surface area contributed by atoms with Crippen molar-refractivity contribution >= 4 is 17.7 Å². The molecule has 1 amide bonds. The fourth-order valence-electron chi connectivity index (χ4n) is 4.44. The molecule has 0 aromatic carbocycles. The number of hydrogen-bond donors (Lipinski definition) is 2. The molecule has 3 rings (SSSR count). The molecule has 0 heterocycles. The van der Waals surface area contributed by atoms with Gasteiger partial charge in [0.15, 0.2) is 0 Å². The summed E-state index contributed by atoms with van der Waals surface area (Å²) in [6.07, 6.45) is 6.23. The lowest BCUT2D eigenvalue weighted by atomic mass is 9.74. The number of nitrogens with one attached hydrogen (secondary N) is 1. The summed E-state index contributed by atoms with van der Waals surface area (Å²) in [5.74, 6) is -0.774. The maximum Gasteiger partial charge on any atom is 0.329 e. The molecule has 5 nitrogen and oxygen atoms in total. The molecule has 0 radical (unpaired) electrons. The van der Waals surface area contributed by atoms with Gasteiger partial charge in [-0.3, -0.25) is 9.59 Å². The third-order valence-corrected chi connectivity index (χ3v) is 6.08. The molecule has 0 aromatic rings. The SMILES string of the molecule is CCC1CC1(NC(=O)C1=C[C@H](CC)C[C@@H]2C(=O)CC[C@H]12)C(=O)O. The molecule has 126 valence electrons. The molecule has 0 spiro atoms. The van der Waals surface area contributed by atoms with Gasteiger partial charge < -0.3 is 10.4 Å². The summed E-state index contributed by atoms with van der Waals surface area (Å²) in [5, 5.41) is 12.3. The first-order chi connectivity index (χ1) is 10.9. The van der Waals surface area contributed by atoms with Crippen LogP contribution in [0.2, 0.25) is 0 Å². The highest BCUT2D eigenvalue weighted by Crippen LogP contribution is 2.48. The molecular weight excluding hydrogens is 294 g/mol.